The maximum absolute atomic E-state index is 12.0. The van der Waals surface area contributed by atoms with Crippen molar-refractivity contribution in [3.05, 3.63) is 65.9 Å². The normalized spacial score (nSPS) is 11.9. The Balaban J connectivity index is 1.64. The van der Waals surface area contributed by atoms with E-state index in [0.29, 0.717) is 22.9 Å². The lowest BCUT2D eigenvalue weighted by molar-refractivity contribution is 0.0950. The summed E-state index contributed by atoms with van der Waals surface area (Å²) in [6.45, 7) is 2.19. The van der Waals surface area contributed by atoms with Gasteiger partial charge in [0.2, 0.25) is 0 Å². The first-order chi connectivity index (χ1) is 11.6. The number of aromatic nitrogens is 5. The second-order valence-electron chi connectivity index (χ2n) is 5.25. The largest absolute Gasteiger partial charge is 0.384 e. The number of carbonyl (C=O) groups excluding carboxylic acids is 1. The predicted octanol–water partition coefficient (Wildman–Crippen LogP) is 1.19. The van der Waals surface area contributed by atoms with Crippen LogP contribution in [0.4, 0.5) is 5.82 Å². The lowest BCUT2D eigenvalue weighted by atomic mass is 10.2. The monoisotopic (exact) mass is 323 g/mol. The van der Waals surface area contributed by atoms with Crippen LogP contribution in [-0.4, -0.2) is 30.9 Å². The maximum atomic E-state index is 12.0. The molecule has 0 aliphatic rings. The van der Waals surface area contributed by atoms with Crippen LogP contribution < -0.4 is 11.1 Å². The lowest BCUT2D eigenvalue weighted by Crippen LogP contribution is -2.22. The highest BCUT2D eigenvalue weighted by atomic mass is 16.1. The number of hydrogen-bond donors (Lipinski definition) is 2. The number of nitrogens with one attached hydrogen (secondary N) is 1. The number of nitrogen functional groups attached to an aromatic ring is 1. The molecule has 0 aliphatic carbocycles. The van der Waals surface area contributed by atoms with Crippen LogP contribution in [0, 0.1) is 0 Å². The lowest BCUT2D eigenvalue weighted by Gasteiger charge is -2.09. The SMILES string of the molecule is CC(c1nccc(N)n1)n1cc(CNC(=O)c2ccccc2)nn1. The smallest absolute Gasteiger partial charge is 0.251 e. The molecule has 2 aromatic heterocycles. The molecule has 1 atom stereocenters. The number of benzene rings is 1. The summed E-state index contributed by atoms with van der Waals surface area (Å²) in [4.78, 5) is 20.4. The van der Waals surface area contributed by atoms with Crippen molar-refractivity contribution in [3.63, 3.8) is 0 Å². The molecule has 8 nitrogen and oxygen atoms in total. The summed E-state index contributed by atoms with van der Waals surface area (Å²) in [5.41, 5.74) is 6.92. The van der Waals surface area contributed by atoms with Crippen LogP contribution >= 0.6 is 0 Å². The summed E-state index contributed by atoms with van der Waals surface area (Å²) >= 11 is 0. The van der Waals surface area contributed by atoms with Crippen LogP contribution in [-0.2, 0) is 6.54 Å². The fourth-order valence-electron chi connectivity index (χ4n) is 2.15. The highest BCUT2D eigenvalue weighted by Gasteiger charge is 2.14. The maximum Gasteiger partial charge on any atom is 0.251 e. The number of nitrogens with two attached hydrogens (primary N) is 1. The molecular formula is C16H17N7O. The molecule has 3 N–H and O–H groups in total. The van der Waals surface area contributed by atoms with Gasteiger partial charge in [0, 0.05) is 11.8 Å². The number of carbonyl (C=O) groups is 1. The van der Waals surface area contributed by atoms with Gasteiger partial charge in [0.05, 0.1) is 12.7 Å². The highest BCUT2D eigenvalue weighted by Crippen LogP contribution is 2.13. The Kier molecular flexibility index (Phi) is 4.46. The molecular weight excluding hydrogens is 306 g/mol. The van der Waals surface area contributed by atoms with Crippen LogP contribution in [0.15, 0.2) is 48.8 Å². The van der Waals surface area contributed by atoms with E-state index < -0.39 is 0 Å². The van der Waals surface area contributed by atoms with E-state index >= 15 is 0 Å². The second kappa shape index (κ2) is 6.86. The van der Waals surface area contributed by atoms with Crippen molar-refractivity contribution >= 4 is 11.7 Å². The third-order valence-electron chi connectivity index (χ3n) is 3.49. The minimum Gasteiger partial charge on any atom is -0.384 e. The summed E-state index contributed by atoms with van der Waals surface area (Å²) in [5, 5.41) is 10.9. The Hall–Kier alpha value is -3.29. The Morgan fingerprint density at radius 1 is 1.29 bits per heavy atom. The minimum absolute atomic E-state index is 0.155. The van der Waals surface area contributed by atoms with E-state index in [1.807, 2.05) is 25.1 Å². The Morgan fingerprint density at radius 2 is 2.08 bits per heavy atom. The number of rotatable bonds is 5. The van der Waals surface area contributed by atoms with Gasteiger partial charge in [-0.25, -0.2) is 14.6 Å². The van der Waals surface area contributed by atoms with Gasteiger partial charge in [-0.1, -0.05) is 23.4 Å². The summed E-state index contributed by atoms with van der Waals surface area (Å²) in [6.07, 6.45) is 3.36. The van der Waals surface area contributed by atoms with Crippen LogP contribution in [0.3, 0.4) is 0 Å². The average molecular weight is 323 g/mol. The van der Waals surface area contributed by atoms with Gasteiger partial charge < -0.3 is 11.1 Å². The van der Waals surface area contributed by atoms with Gasteiger partial charge in [-0.05, 0) is 25.1 Å². The summed E-state index contributed by atoms with van der Waals surface area (Å²) < 4.78 is 1.64. The Bertz CT molecular complexity index is 831. The molecule has 1 unspecified atom stereocenters. The van der Waals surface area contributed by atoms with Crippen molar-refractivity contribution in [2.75, 3.05) is 5.73 Å². The molecule has 0 saturated heterocycles. The third-order valence-corrected chi connectivity index (χ3v) is 3.49. The van der Waals surface area contributed by atoms with Crippen LogP contribution in [0.2, 0.25) is 0 Å². The molecule has 8 heteroatoms. The zero-order valence-electron chi connectivity index (χ0n) is 13.1. The molecule has 0 bridgehead atoms. The first kappa shape index (κ1) is 15.6. The van der Waals surface area contributed by atoms with Gasteiger partial charge in [0.1, 0.15) is 17.6 Å². The van der Waals surface area contributed by atoms with Gasteiger partial charge in [-0.2, -0.15) is 0 Å². The van der Waals surface area contributed by atoms with E-state index in [0.717, 1.165) is 0 Å². The Morgan fingerprint density at radius 3 is 2.83 bits per heavy atom. The standard InChI is InChI=1S/C16H17N7O/c1-11(15-18-8-7-14(17)20-15)23-10-13(21-22-23)9-19-16(24)12-5-3-2-4-6-12/h2-8,10-11H,9H2,1H3,(H,19,24)(H2,17,18,20). The molecule has 0 saturated carbocycles. The number of amides is 1. The van der Waals surface area contributed by atoms with E-state index in [1.165, 1.54) is 0 Å². The highest BCUT2D eigenvalue weighted by molar-refractivity contribution is 5.93. The first-order valence-electron chi connectivity index (χ1n) is 7.46. The predicted molar refractivity (Wildman–Crippen MR) is 87.9 cm³/mol. The van der Waals surface area contributed by atoms with Crippen LogP contribution in [0.25, 0.3) is 0 Å². The second-order valence-corrected chi connectivity index (χ2v) is 5.25. The molecule has 0 spiro atoms. The summed E-state index contributed by atoms with van der Waals surface area (Å²) in [7, 11) is 0. The van der Waals surface area contributed by atoms with E-state index in [1.54, 1.807) is 35.3 Å². The van der Waals surface area contributed by atoms with Crippen molar-refractivity contribution < 1.29 is 4.79 Å². The molecule has 3 aromatic rings. The molecule has 0 aliphatic heterocycles. The number of hydrogen-bond acceptors (Lipinski definition) is 6. The van der Waals surface area contributed by atoms with Gasteiger partial charge in [-0.3, -0.25) is 4.79 Å². The van der Waals surface area contributed by atoms with Crippen molar-refractivity contribution in [1.82, 2.24) is 30.3 Å². The fraction of sp³-hybridized carbons (Fsp3) is 0.188. The van der Waals surface area contributed by atoms with E-state index in [-0.39, 0.29) is 18.5 Å². The fourth-order valence-corrected chi connectivity index (χ4v) is 2.15. The molecule has 0 fully saturated rings. The number of anilines is 1. The van der Waals surface area contributed by atoms with Crippen LogP contribution in [0.5, 0.6) is 0 Å². The molecule has 2 heterocycles. The molecule has 1 aromatic carbocycles. The van der Waals surface area contributed by atoms with E-state index in [2.05, 4.69) is 25.6 Å². The average Bonchev–Trinajstić information content (AvgIpc) is 3.09. The number of nitrogens with zero attached hydrogens (tertiary/aromatic N) is 5. The third kappa shape index (κ3) is 3.54. The topological polar surface area (TPSA) is 112 Å². The van der Waals surface area contributed by atoms with E-state index in [9.17, 15) is 4.79 Å². The van der Waals surface area contributed by atoms with Gasteiger partial charge in [-0.15, -0.1) is 5.10 Å². The van der Waals surface area contributed by atoms with Crippen molar-refractivity contribution in [2.24, 2.45) is 0 Å². The van der Waals surface area contributed by atoms with Crippen molar-refractivity contribution in [2.45, 2.75) is 19.5 Å². The Labute approximate surface area is 138 Å². The molecule has 3 rings (SSSR count). The minimum atomic E-state index is -0.209. The molecule has 24 heavy (non-hydrogen) atoms. The van der Waals surface area contributed by atoms with Crippen LogP contribution in [0.1, 0.15) is 34.8 Å². The molecule has 122 valence electrons. The zero-order valence-corrected chi connectivity index (χ0v) is 13.1. The molecule has 1 amide bonds. The van der Waals surface area contributed by atoms with Gasteiger partial charge >= 0.3 is 0 Å². The van der Waals surface area contributed by atoms with Crippen molar-refractivity contribution in [1.29, 1.82) is 0 Å². The zero-order chi connectivity index (χ0) is 16.9. The van der Waals surface area contributed by atoms with E-state index in [4.69, 9.17) is 5.73 Å². The van der Waals surface area contributed by atoms with Crippen molar-refractivity contribution in [3.8, 4) is 0 Å². The molecule has 0 radical (unpaired) electrons. The quantitative estimate of drug-likeness (QED) is 0.729. The summed E-state index contributed by atoms with van der Waals surface area (Å²) in [6, 6.07) is 10.4. The van der Waals surface area contributed by atoms with Gasteiger partial charge in [0.25, 0.3) is 5.91 Å². The summed E-state index contributed by atoms with van der Waals surface area (Å²) in [5.74, 6) is 0.805. The first-order valence-corrected chi connectivity index (χ1v) is 7.46. The van der Waals surface area contributed by atoms with Gasteiger partial charge in [0.15, 0.2) is 5.82 Å².